The van der Waals surface area contributed by atoms with Gasteiger partial charge in [0.05, 0.1) is 5.56 Å². The first-order valence-electron chi connectivity index (χ1n) is 12.1. The molecule has 0 amide bonds. The largest absolute Gasteiger partial charge is 0.423 e. The van der Waals surface area contributed by atoms with Gasteiger partial charge in [-0.3, -0.25) is 0 Å². The second kappa shape index (κ2) is 11.9. The van der Waals surface area contributed by atoms with Gasteiger partial charge in [-0.15, -0.1) is 0 Å². The fraction of sp³-hybridized carbons (Fsp3) is 0.536. The molecule has 1 aliphatic carbocycles. The van der Waals surface area contributed by atoms with E-state index in [1.165, 1.54) is 75.3 Å². The molecule has 2 heteroatoms. The normalized spacial score (nSPS) is 18.9. The van der Waals surface area contributed by atoms with Crippen molar-refractivity contribution in [3.05, 3.63) is 65.2 Å². The zero-order valence-electron chi connectivity index (χ0n) is 18.9. The molecule has 1 saturated carbocycles. The van der Waals surface area contributed by atoms with E-state index in [0.29, 0.717) is 17.2 Å². The van der Waals surface area contributed by atoms with E-state index in [1.54, 1.807) is 0 Å². The lowest BCUT2D eigenvalue weighted by atomic mass is 9.77. The minimum Gasteiger partial charge on any atom is -0.423 e. The summed E-state index contributed by atoms with van der Waals surface area (Å²) in [4.78, 5) is 12.5. The van der Waals surface area contributed by atoms with Crippen LogP contribution in [-0.2, 0) is 6.42 Å². The van der Waals surface area contributed by atoms with E-state index in [9.17, 15) is 4.79 Å². The molecule has 0 heterocycles. The molecule has 2 nitrogen and oxygen atoms in total. The van der Waals surface area contributed by atoms with Crippen molar-refractivity contribution in [2.45, 2.75) is 90.4 Å². The molecule has 1 fully saturated rings. The van der Waals surface area contributed by atoms with Gasteiger partial charge in [-0.05, 0) is 85.8 Å². The first kappa shape index (κ1) is 22.6. The van der Waals surface area contributed by atoms with Crippen LogP contribution in [0.25, 0.3) is 0 Å². The van der Waals surface area contributed by atoms with Gasteiger partial charge in [0.2, 0.25) is 0 Å². The molecule has 162 valence electrons. The molecule has 1 aliphatic rings. The highest BCUT2D eigenvalue weighted by molar-refractivity contribution is 5.91. The smallest absolute Gasteiger partial charge is 0.343 e. The summed E-state index contributed by atoms with van der Waals surface area (Å²) >= 11 is 0. The molecular weight excluding hydrogens is 368 g/mol. The summed E-state index contributed by atoms with van der Waals surface area (Å²) in [5, 5.41) is 0. The number of rotatable bonds is 10. The maximum absolute atomic E-state index is 12.5. The highest BCUT2D eigenvalue weighted by atomic mass is 16.5. The SMILES string of the molecule is CCCCCCc1ccc(C(=O)Oc2ccc(C3CCC(CCC)CC3)cc2)cc1. The van der Waals surface area contributed by atoms with Gasteiger partial charge in [0.1, 0.15) is 5.75 Å². The van der Waals surface area contributed by atoms with Gasteiger partial charge < -0.3 is 4.74 Å². The van der Waals surface area contributed by atoms with Crippen LogP contribution in [0.4, 0.5) is 0 Å². The van der Waals surface area contributed by atoms with Gasteiger partial charge in [0.15, 0.2) is 0 Å². The molecule has 0 radical (unpaired) electrons. The maximum Gasteiger partial charge on any atom is 0.343 e. The molecule has 0 unspecified atom stereocenters. The molecule has 2 aromatic rings. The average molecular weight is 407 g/mol. The van der Waals surface area contributed by atoms with Crippen molar-refractivity contribution in [3.8, 4) is 5.75 Å². The molecule has 0 bridgehead atoms. The van der Waals surface area contributed by atoms with Gasteiger partial charge >= 0.3 is 5.97 Å². The predicted octanol–water partition coefficient (Wildman–Crippen LogP) is 8.10. The zero-order valence-corrected chi connectivity index (χ0v) is 18.9. The quantitative estimate of drug-likeness (QED) is 0.226. The van der Waals surface area contributed by atoms with Crippen molar-refractivity contribution in [3.63, 3.8) is 0 Å². The lowest BCUT2D eigenvalue weighted by Gasteiger charge is -2.28. The summed E-state index contributed by atoms with van der Waals surface area (Å²) in [6, 6.07) is 16.1. The molecule has 0 spiro atoms. The van der Waals surface area contributed by atoms with E-state index in [-0.39, 0.29) is 5.97 Å². The molecule has 0 N–H and O–H groups in total. The summed E-state index contributed by atoms with van der Waals surface area (Å²) in [5.41, 5.74) is 3.29. The number of aryl methyl sites for hydroxylation is 1. The van der Waals surface area contributed by atoms with Crippen LogP contribution >= 0.6 is 0 Å². The van der Waals surface area contributed by atoms with E-state index in [1.807, 2.05) is 24.3 Å². The van der Waals surface area contributed by atoms with Gasteiger partial charge in [-0.2, -0.15) is 0 Å². The van der Waals surface area contributed by atoms with Crippen LogP contribution in [0.15, 0.2) is 48.5 Å². The number of benzene rings is 2. The van der Waals surface area contributed by atoms with Crippen molar-refractivity contribution in [2.75, 3.05) is 0 Å². The monoisotopic (exact) mass is 406 g/mol. The van der Waals surface area contributed by atoms with Gasteiger partial charge in [-0.25, -0.2) is 4.79 Å². The van der Waals surface area contributed by atoms with Crippen molar-refractivity contribution in [1.29, 1.82) is 0 Å². The Balaban J connectivity index is 1.48. The Kier molecular flexibility index (Phi) is 8.99. The van der Waals surface area contributed by atoms with Gasteiger partial charge in [0.25, 0.3) is 0 Å². The van der Waals surface area contributed by atoms with E-state index in [4.69, 9.17) is 4.74 Å². The highest BCUT2D eigenvalue weighted by Crippen LogP contribution is 2.37. The first-order valence-corrected chi connectivity index (χ1v) is 12.1. The Bertz CT molecular complexity index is 752. The standard InChI is InChI=1S/C28H38O2/c1-3-5-6-7-9-23-12-16-26(17-13-23)28(29)30-27-20-18-25(19-21-27)24-14-10-22(8-4-2)11-15-24/h12-13,16-22,24H,3-11,14-15H2,1-2H3. The molecule has 0 atom stereocenters. The number of esters is 1. The van der Waals surface area contributed by atoms with Crippen LogP contribution in [0.3, 0.4) is 0 Å². The summed E-state index contributed by atoms with van der Waals surface area (Å²) in [5.74, 6) is 1.94. The number of carbonyl (C=O) groups is 1. The van der Waals surface area contributed by atoms with Crippen LogP contribution in [0.1, 0.15) is 105 Å². The predicted molar refractivity (Wildman–Crippen MR) is 125 cm³/mol. The zero-order chi connectivity index (χ0) is 21.2. The van der Waals surface area contributed by atoms with Crippen LogP contribution in [0.5, 0.6) is 5.75 Å². The molecule has 30 heavy (non-hydrogen) atoms. The summed E-state index contributed by atoms with van der Waals surface area (Å²) in [6.45, 7) is 4.52. The topological polar surface area (TPSA) is 26.3 Å². The van der Waals surface area contributed by atoms with E-state index in [0.717, 1.165) is 12.3 Å². The third-order valence-electron chi connectivity index (χ3n) is 6.61. The molecule has 0 saturated heterocycles. The third-order valence-corrected chi connectivity index (χ3v) is 6.61. The number of carbonyl (C=O) groups excluding carboxylic acids is 1. The first-order chi connectivity index (χ1) is 14.7. The summed E-state index contributed by atoms with van der Waals surface area (Å²) in [7, 11) is 0. The minimum atomic E-state index is -0.277. The fourth-order valence-corrected chi connectivity index (χ4v) is 4.73. The Morgan fingerprint density at radius 3 is 2.17 bits per heavy atom. The summed E-state index contributed by atoms with van der Waals surface area (Å²) in [6.07, 6.45) is 14.1. The van der Waals surface area contributed by atoms with Crippen molar-refractivity contribution in [1.82, 2.24) is 0 Å². The van der Waals surface area contributed by atoms with Crippen molar-refractivity contribution < 1.29 is 9.53 Å². The molecule has 3 rings (SSSR count). The van der Waals surface area contributed by atoms with Crippen LogP contribution in [0, 0.1) is 5.92 Å². The van der Waals surface area contributed by atoms with Gasteiger partial charge in [-0.1, -0.05) is 70.2 Å². The second-order valence-corrected chi connectivity index (χ2v) is 8.97. The Hall–Kier alpha value is -2.09. The maximum atomic E-state index is 12.5. The molecule has 0 aliphatic heterocycles. The van der Waals surface area contributed by atoms with Crippen LogP contribution in [0.2, 0.25) is 0 Å². The number of hydrogen-bond acceptors (Lipinski definition) is 2. The molecular formula is C28H38O2. The lowest BCUT2D eigenvalue weighted by molar-refractivity contribution is 0.0734. The number of hydrogen-bond donors (Lipinski definition) is 0. The Morgan fingerprint density at radius 2 is 1.53 bits per heavy atom. The van der Waals surface area contributed by atoms with Crippen molar-refractivity contribution >= 4 is 5.97 Å². The third kappa shape index (κ3) is 6.72. The van der Waals surface area contributed by atoms with E-state index < -0.39 is 0 Å². The van der Waals surface area contributed by atoms with Crippen molar-refractivity contribution in [2.24, 2.45) is 5.92 Å². The molecule has 0 aromatic heterocycles. The van der Waals surface area contributed by atoms with Crippen LogP contribution < -0.4 is 4.74 Å². The fourth-order valence-electron chi connectivity index (χ4n) is 4.73. The number of ether oxygens (including phenoxy) is 1. The lowest BCUT2D eigenvalue weighted by Crippen LogP contribution is -2.13. The van der Waals surface area contributed by atoms with E-state index in [2.05, 4.69) is 38.1 Å². The average Bonchev–Trinajstić information content (AvgIpc) is 2.78. The van der Waals surface area contributed by atoms with Crippen LogP contribution in [-0.4, -0.2) is 5.97 Å². The Labute approximate surface area is 183 Å². The van der Waals surface area contributed by atoms with Gasteiger partial charge in [0, 0.05) is 0 Å². The molecule has 2 aromatic carbocycles. The summed E-state index contributed by atoms with van der Waals surface area (Å²) < 4.78 is 5.61. The number of unbranched alkanes of at least 4 members (excludes halogenated alkanes) is 3. The minimum absolute atomic E-state index is 0.277. The highest BCUT2D eigenvalue weighted by Gasteiger charge is 2.21. The Morgan fingerprint density at radius 1 is 0.833 bits per heavy atom. The van der Waals surface area contributed by atoms with E-state index >= 15 is 0 Å². The second-order valence-electron chi connectivity index (χ2n) is 8.97.